The Morgan fingerprint density at radius 1 is 1.25 bits per heavy atom. The molecule has 0 aliphatic carbocycles. The molecule has 1 aromatic rings. The molecule has 1 fully saturated rings. The molecule has 0 saturated carbocycles. The monoisotopic (exact) mass is 397 g/mol. The van der Waals surface area contributed by atoms with Crippen LogP contribution in [0.2, 0.25) is 0 Å². The lowest BCUT2D eigenvalue weighted by molar-refractivity contribution is 0.0643. The summed E-state index contributed by atoms with van der Waals surface area (Å²) in [4.78, 5) is 4.28. The van der Waals surface area contributed by atoms with Crippen LogP contribution in [0.4, 0.5) is 0 Å². The van der Waals surface area contributed by atoms with Crippen molar-refractivity contribution in [2.24, 2.45) is 10.9 Å². The molecule has 0 aromatic heterocycles. The number of aliphatic imine (C=N–C) groups is 1. The number of guanidine groups is 1. The normalized spacial score (nSPS) is 17.8. The minimum absolute atomic E-state index is 0.278. The van der Waals surface area contributed by atoms with Gasteiger partial charge in [0.05, 0.1) is 4.47 Å². The van der Waals surface area contributed by atoms with Gasteiger partial charge in [0, 0.05) is 33.4 Å². The van der Waals surface area contributed by atoms with Crippen LogP contribution >= 0.6 is 15.9 Å². The van der Waals surface area contributed by atoms with E-state index in [1.165, 1.54) is 12.8 Å². The van der Waals surface area contributed by atoms with E-state index in [1.807, 2.05) is 12.1 Å². The molecule has 2 N–H and O–H groups in total. The Balaban J connectivity index is 1.45. The van der Waals surface area contributed by atoms with Gasteiger partial charge in [-0.25, -0.2) is 0 Å². The summed E-state index contributed by atoms with van der Waals surface area (Å²) in [6.07, 6.45) is 3.48. The SMILES string of the molecule is CN=C(NCCC1CCOCC1)NCc1cc(Br)c2c(c1)OCO2. The molecule has 24 heavy (non-hydrogen) atoms. The molecule has 0 radical (unpaired) electrons. The number of rotatable bonds is 5. The van der Waals surface area contributed by atoms with Crippen LogP contribution in [0.1, 0.15) is 24.8 Å². The van der Waals surface area contributed by atoms with Crippen molar-refractivity contribution in [1.29, 1.82) is 0 Å². The molecular formula is C17H24BrN3O3. The number of benzene rings is 1. The Bertz CT molecular complexity index is 589. The number of nitrogens with zero attached hydrogens (tertiary/aromatic N) is 1. The lowest BCUT2D eigenvalue weighted by Crippen LogP contribution is -2.38. The highest BCUT2D eigenvalue weighted by Gasteiger charge is 2.18. The maximum atomic E-state index is 5.45. The first-order chi connectivity index (χ1) is 11.8. The Labute approximate surface area is 151 Å². The number of fused-ring (bicyclic) bond motifs is 1. The molecule has 3 rings (SSSR count). The molecule has 2 aliphatic rings. The van der Waals surface area contributed by atoms with Crippen molar-refractivity contribution in [2.45, 2.75) is 25.8 Å². The second kappa shape index (κ2) is 8.58. The lowest BCUT2D eigenvalue weighted by atomic mass is 9.97. The highest BCUT2D eigenvalue weighted by molar-refractivity contribution is 9.10. The fourth-order valence-electron chi connectivity index (χ4n) is 2.96. The van der Waals surface area contributed by atoms with E-state index >= 15 is 0 Å². The molecule has 2 aliphatic heterocycles. The molecule has 0 amide bonds. The summed E-state index contributed by atoms with van der Waals surface area (Å²) in [6, 6.07) is 4.03. The third kappa shape index (κ3) is 4.54. The summed E-state index contributed by atoms with van der Waals surface area (Å²) < 4.78 is 17.2. The molecule has 1 saturated heterocycles. The molecule has 132 valence electrons. The van der Waals surface area contributed by atoms with Gasteiger partial charge in [-0.05, 0) is 58.8 Å². The van der Waals surface area contributed by atoms with Crippen LogP contribution in [0.15, 0.2) is 21.6 Å². The van der Waals surface area contributed by atoms with Gasteiger partial charge in [0.1, 0.15) is 0 Å². The Morgan fingerprint density at radius 2 is 2.08 bits per heavy atom. The smallest absolute Gasteiger partial charge is 0.231 e. The lowest BCUT2D eigenvalue weighted by Gasteiger charge is -2.22. The zero-order valence-electron chi connectivity index (χ0n) is 13.9. The van der Waals surface area contributed by atoms with E-state index in [1.54, 1.807) is 7.05 Å². The van der Waals surface area contributed by atoms with E-state index in [-0.39, 0.29) is 6.79 Å². The molecule has 0 bridgehead atoms. The summed E-state index contributed by atoms with van der Waals surface area (Å²) in [5.74, 6) is 3.13. The standard InChI is InChI=1S/C17H24BrN3O3/c1-19-17(20-5-2-12-3-6-22-7-4-12)21-10-13-8-14(18)16-15(9-13)23-11-24-16/h8-9,12H,2-7,10-11H2,1H3,(H2,19,20,21). The van der Waals surface area contributed by atoms with Crippen molar-refractivity contribution in [3.05, 3.63) is 22.2 Å². The zero-order valence-corrected chi connectivity index (χ0v) is 15.5. The summed E-state index contributed by atoms with van der Waals surface area (Å²) in [5.41, 5.74) is 1.11. The van der Waals surface area contributed by atoms with Crippen LogP contribution in [0.5, 0.6) is 11.5 Å². The van der Waals surface area contributed by atoms with Crippen molar-refractivity contribution in [3.8, 4) is 11.5 Å². The van der Waals surface area contributed by atoms with Gasteiger partial charge in [-0.3, -0.25) is 4.99 Å². The van der Waals surface area contributed by atoms with Crippen LogP contribution < -0.4 is 20.1 Å². The quantitative estimate of drug-likeness (QED) is 0.590. The zero-order chi connectivity index (χ0) is 16.8. The van der Waals surface area contributed by atoms with Crippen LogP contribution in [-0.2, 0) is 11.3 Å². The van der Waals surface area contributed by atoms with Gasteiger partial charge in [-0.15, -0.1) is 0 Å². The van der Waals surface area contributed by atoms with E-state index in [0.29, 0.717) is 6.54 Å². The topological polar surface area (TPSA) is 64.1 Å². The van der Waals surface area contributed by atoms with Crippen molar-refractivity contribution < 1.29 is 14.2 Å². The average molecular weight is 398 g/mol. The van der Waals surface area contributed by atoms with Crippen molar-refractivity contribution >= 4 is 21.9 Å². The predicted molar refractivity (Wildman–Crippen MR) is 96.6 cm³/mol. The van der Waals surface area contributed by atoms with Crippen molar-refractivity contribution in [2.75, 3.05) is 33.6 Å². The predicted octanol–water partition coefficient (Wildman–Crippen LogP) is 2.66. The molecule has 2 heterocycles. The molecule has 0 spiro atoms. The van der Waals surface area contributed by atoms with Crippen LogP contribution in [0.3, 0.4) is 0 Å². The molecule has 0 unspecified atom stereocenters. The number of ether oxygens (including phenoxy) is 3. The fraction of sp³-hybridized carbons (Fsp3) is 0.588. The van der Waals surface area contributed by atoms with E-state index < -0.39 is 0 Å². The summed E-state index contributed by atoms with van der Waals surface area (Å²) >= 11 is 3.52. The van der Waals surface area contributed by atoms with Gasteiger partial charge in [-0.1, -0.05) is 0 Å². The first-order valence-electron chi connectivity index (χ1n) is 8.36. The summed E-state index contributed by atoms with van der Waals surface area (Å²) in [5, 5.41) is 6.72. The molecule has 6 nitrogen and oxygen atoms in total. The van der Waals surface area contributed by atoms with Gasteiger partial charge in [-0.2, -0.15) is 0 Å². The molecule has 7 heteroatoms. The van der Waals surface area contributed by atoms with Crippen LogP contribution in [0, 0.1) is 5.92 Å². The van der Waals surface area contributed by atoms with E-state index in [0.717, 1.165) is 59.6 Å². The third-order valence-electron chi connectivity index (χ3n) is 4.36. The highest BCUT2D eigenvalue weighted by Crippen LogP contribution is 2.39. The van der Waals surface area contributed by atoms with Gasteiger partial charge in [0.25, 0.3) is 0 Å². The second-order valence-corrected chi connectivity index (χ2v) is 6.86. The Hall–Kier alpha value is -1.47. The molecular weight excluding hydrogens is 374 g/mol. The van der Waals surface area contributed by atoms with Gasteiger partial charge in [0.15, 0.2) is 17.5 Å². The van der Waals surface area contributed by atoms with Crippen molar-refractivity contribution in [1.82, 2.24) is 10.6 Å². The third-order valence-corrected chi connectivity index (χ3v) is 4.95. The van der Waals surface area contributed by atoms with Gasteiger partial charge >= 0.3 is 0 Å². The average Bonchev–Trinajstić information content (AvgIpc) is 3.08. The maximum absolute atomic E-state index is 5.45. The van der Waals surface area contributed by atoms with E-state index in [9.17, 15) is 0 Å². The summed E-state index contributed by atoms with van der Waals surface area (Å²) in [6.45, 7) is 3.68. The number of nitrogens with one attached hydrogen (secondary N) is 2. The van der Waals surface area contributed by atoms with Gasteiger partial charge in [0.2, 0.25) is 6.79 Å². The van der Waals surface area contributed by atoms with E-state index in [4.69, 9.17) is 14.2 Å². The fourth-order valence-corrected chi connectivity index (χ4v) is 3.56. The molecule has 0 atom stereocenters. The largest absolute Gasteiger partial charge is 0.454 e. The maximum Gasteiger partial charge on any atom is 0.231 e. The highest BCUT2D eigenvalue weighted by atomic mass is 79.9. The number of hydrogen-bond donors (Lipinski definition) is 2. The minimum Gasteiger partial charge on any atom is -0.454 e. The Kier molecular flexibility index (Phi) is 6.20. The first kappa shape index (κ1) is 17.4. The van der Waals surface area contributed by atoms with Gasteiger partial charge < -0.3 is 24.8 Å². The molecule has 1 aromatic carbocycles. The van der Waals surface area contributed by atoms with E-state index in [2.05, 4.69) is 31.6 Å². The second-order valence-electron chi connectivity index (χ2n) is 6.01. The van der Waals surface area contributed by atoms with Crippen molar-refractivity contribution in [3.63, 3.8) is 0 Å². The number of hydrogen-bond acceptors (Lipinski definition) is 4. The van der Waals surface area contributed by atoms with Crippen LogP contribution in [0.25, 0.3) is 0 Å². The Morgan fingerprint density at radius 3 is 2.88 bits per heavy atom. The van der Waals surface area contributed by atoms with Crippen LogP contribution in [-0.4, -0.2) is 39.6 Å². The summed E-state index contributed by atoms with van der Waals surface area (Å²) in [7, 11) is 1.79. The first-order valence-corrected chi connectivity index (χ1v) is 9.16. The minimum atomic E-state index is 0.278. The number of halogens is 1.